The third-order valence-electron chi connectivity index (χ3n) is 3.72. The van der Waals surface area contributed by atoms with Gasteiger partial charge < -0.3 is 9.64 Å². The van der Waals surface area contributed by atoms with Crippen LogP contribution in [0.2, 0.25) is 0 Å². The Hall–Kier alpha value is -3.31. The fraction of sp³-hybridized carbons (Fsp3) is 0.176. The second kappa shape index (κ2) is 6.44. The number of methoxy groups -OCH3 is 1. The molecule has 0 saturated heterocycles. The van der Waals surface area contributed by atoms with Crippen LogP contribution in [-0.4, -0.2) is 24.1 Å². The van der Waals surface area contributed by atoms with E-state index >= 15 is 0 Å². The molecule has 0 bridgehead atoms. The van der Waals surface area contributed by atoms with Crippen molar-refractivity contribution in [1.82, 2.24) is 14.9 Å². The minimum atomic E-state index is 0.591. The molecule has 0 fully saturated rings. The maximum Gasteiger partial charge on any atom is 0.220 e. The summed E-state index contributed by atoms with van der Waals surface area (Å²) in [4.78, 5) is 14.1. The van der Waals surface area contributed by atoms with E-state index in [0.717, 1.165) is 28.2 Å². The third-order valence-corrected chi connectivity index (χ3v) is 3.72. The highest BCUT2D eigenvalue weighted by molar-refractivity contribution is 5.93. The minimum Gasteiger partial charge on any atom is -0.497 e. The Morgan fingerprint density at radius 1 is 1.12 bits per heavy atom. The molecular weight excluding hydrogens is 304 g/mol. The Balaban J connectivity index is 2.11. The smallest absolute Gasteiger partial charge is 0.220 e. The average Bonchev–Trinajstić information content (AvgIpc) is 2.60. The molecule has 2 aromatic carbocycles. The van der Waals surface area contributed by atoms with E-state index in [0.29, 0.717) is 11.5 Å². The number of anilines is 2. The molecule has 0 aliphatic carbocycles. The van der Waals surface area contributed by atoms with Crippen molar-refractivity contribution in [2.24, 2.45) is 5.11 Å². The Morgan fingerprint density at radius 2 is 1.88 bits per heavy atom. The zero-order valence-corrected chi connectivity index (χ0v) is 13.7. The van der Waals surface area contributed by atoms with Crippen LogP contribution in [0.25, 0.3) is 10.9 Å². The monoisotopic (exact) mass is 321 g/mol. The number of rotatable bonds is 4. The van der Waals surface area contributed by atoms with E-state index in [-0.39, 0.29) is 0 Å². The van der Waals surface area contributed by atoms with Crippen molar-refractivity contribution in [2.45, 2.75) is 6.92 Å². The van der Waals surface area contributed by atoms with Crippen LogP contribution in [-0.2, 0) is 0 Å². The molecule has 3 rings (SSSR count). The van der Waals surface area contributed by atoms with Gasteiger partial charge in [0.2, 0.25) is 4.91 Å². The largest absolute Gasteiger partial charge is 0.497 e. The van der Waals surface area contributed by atoms with Crippen LogP contribution in [0.5, 0.6) is 5.75 Å². The summed E-state index contributed by atoms with van der Waals surface area (Å²) >= 11 is 0. The predicted molar refractivity (Wildman–Crippen MR) is 92.3 cm³/mol. The zero-order chi connectivity index (χ0) is 17.1. The maximum absolute atomic E-state index is 6.85. The lowest BCUT2D eigenvalue weighted by molar-refractivity contribution is 0.415. The topological polar surface area (TPSA) is 88.6 Å². The van der Waals surface area contributed by atoms with Crippen molar-refractivity contribution < 1.29 is 4.74 Å². The summed E-state index contributed by atoms with van der Waals surface area (Å²) in [5.74, 6) is 2.27. The Labute approximate surface area is 139 Å². The second-order valence-corrected chi connectivity index (χ2v) is 5.25. The van der Waals surface area contributed by atoms with Gasteiger partial charge in [0.15, 0.2) is 10.8 Å². The van der Waals surface area contributed by atoms with E-state index in [1.54, 1.807) is 19.2 Å². The minimum absolute atomic E-state index is 0.591. The number of nitrogens with one attached hydrogen (secondary N) is 1. The van der Waals surface area contributed by atoms with Gasteiger partial charge in [0, 0.05) is 18.1 Å². The summed E-state index contributed by atoms with van der Waals surface area (Å²) in [7, 11) is 3.60. The normalized spacial score (nSPS) is 10.3. The van der Waals surface area contributed by atoms with Gasteiger partial charge in [0.25, 0.3) is 0 Å². The van der Waals surface area contributed by atoms with Crippen molar-refractivity contribution in [1.29, 1.82) is 5.53 Å². The molecule has 0 unspecified atom stereocenters. The molecule has 120 valence electrons. The van der Waals surface area contributed by atoms with Gasteiger partial charge in [0.05, 0.1) is 12.6 Å². The van der Waals surface area contributed by atoms with Crippen molar-refractivity contribution in [3.63, 3.8) is 0 Å². The molecule has 0 aliphatic heterocycles. The van der Waals surface area contributed by atoms with Crippen LogP contribution < -0.4 is 14.5 Å². The number of aryl methyl sites for hydroxylation is 1. The lowest BCUT2D eigenvalue weighted by Crippen LogP contribution is -2.12. The molecule has 7 heteroatoms. The second-order valence-electron chi connectivity index (χ2n) is 5.25. The molecule has 0 radical (unpaired) electrons. The summed E-state index contributed by atoms with van der Waals surface area (Å²) in [6, 6.07) is 13.3. The first kappa shape index (κ1) is 15.6. The maximum atomic E-state index is 6.85. The molecule has 0 atom stereocenters. The third kappa shape index (κ3) is 2.93. The van der Waals surface area contributed by atoms with E-state index in [1.165, 1.54) is 0 Å². The molecule has 7 nitrogen and oxygen atoms in total. The molecule has 3 aromatic rings. The van der Waals surface area contributed by atoms with Crippen LogP contribution in [0, 0.1) is 12.5 Å². The van der Waals surface area contributed by atoms with Crippen LogP contribution in [0.15, 0.2) is 47.6 Å². The summed E-state index contributed by atoms with van der Waals surface area (Å²) in [6.07, 6.45) is 0. The summed E-state index contributed by atoms with van der Waals surface area (Å²) < 4.78 is 5.20. The predicted octanol–water partition coefficient (Wildman–Crippen LogP) is 3.90. The van der Waals surface area contributed by atoms with Crippen LogP contribution in [0.1, 0.15) is 5.82 Å². The molecule has 1 heterocycles. The van der Waals surface area contributed by atoms with Gasteiger partial charge in [-0.25, -0.2) is 9.97 Å². The number of hydrogen-bond donors (Lipinski definition) is 1. The van der Waals surface area contributed by atoms with E-state index in [9.17, 15) is 0 Å². The van der Waals surface area contributed by atoms with Crippen LogP contribution in [0.3, 0.4) is 0 Å². The van der Waals surface area contributed by atoms with Gasteiger partial charge in [-0.15, -0.1) is 0 Å². The summed E-state index contributed by atoms with van der Waals surface area (Å²) in [5, 5.41) is 4.65. The average molecular weight is 321 g/mol. The Morgan fingerprint density at radius 3 is 2.54 bits per heavy atom. The Bertz CT molecular complexity index is 932. The highest BCUT2D eigenvalue weighted by Crippen LogP contribution is 2.31. The van der Waals surface area contributed by atoms with E-state index in [4.69, 9.17) is 10.3 Å². The van der Waals surface area contributed by atoms with E-state index in [1.807, 2.05) is 49.2 Å². The first-order valence-corrected chi connectivity index (χ1v) is 7.36. The number of ether oxygens (including phenoxy) is 1. The highest BCUT2D eigenvalue weighted by atomic mass is 16.5. The van der Waals surface area contributed by atoms with Crippen molar-refractivity contribution in [2.75, 3.05) is 19.1 Å². The highest BCUT2D eigenvalue weighted by Gasteiger charge is 2.13. The van der Waals surface area contributed by atoms with Crippen LogP contribution in [0.4, 0.5) is 17.2 Å². The first-order valence-electron chi connectivity index (χ1n) is 7.36. The molecular formula is C17H17N6O+. The Kier molecular flexibility index (Phi) is 4.18. The lowest BCUT2D eigenvalue weighted by atomic mass is 10.2. The standard InChI is InChI=1S/C17H17N6O/c1-11-19-16-10-12(21-22-18)4-9-15(16)17(20-11)23(2)13-5-7-14(24-3)8-6-13/h4-10,18H,1-3H3/q+1. The molecule has 0 amide bonds. The molecule has 0 saturated carbocycles. The lowest BCUT2D eigenvalue weighted by Gasteiger charge is -2.20. The van der Waals surface area contributed by atoms with Gasteiger partial charge >= 0.3 is 0 Å². The quantitative estimate of drug-likeness (QED) is 0.583. The van der Waals surface area contributed by atoms with Gasteiger partial charge in [-0.3, -0.25) is 0 Å². The van der Waals surface area contributed by atoms with Gasteiger partial charge in [-0.1, -0.05) is 0 Å². The number of fused-ring (bicyclic) bond motifs is 1. The molecule has 1 aromatic heterocycles. The summed E-state index contributed by atoms with van der Waals surface area (Å²) in [6.45, 7) is 1.85. The molecule has 0 spiro atoms. The van der Waals surface area contributed by atoms with Crippen molar-refractivity contribution >= 4 is 28.1 Å². The van der Waals surface area contributed by atoms with Gasteiger partial charge in [-0.2, -0.15) is 0 Å². The number of aromatic nitrogens is 2. The fourth-order valence-electron chi connectivity index (χ4n) is 2.52. The SMILES string of the molecule is COc1ccc(N(C)c2nc(C)nc3cc(N=[N+]=N)ccc23)cc1. The van der Waals surface area contributed by atoms with E-state index < -0.39 is 0 Å². The van der Waals surface area contributed by atoms with Crippen LogP contribution >= 0.6 is 0 Å². The number of nitrogens with zero attached hydrogens (tertiary/aromatic N) is 5. The number of benzene rings is 2. The zero-order valence-electron chi connectivity index (χ0n) is 13.7. The molecule has 0 aliphatic rings. The first-order chi connectivity index (χ1) is 11.6. The molecule has 1 N–H and O–H groups in total. The summed E-state index contributed by atoms with van der Waals surface area (Å²) in [5.41, 5.74) is 9.20. The van der Waals surface area contributed by atoms with Crippen molar-refractivity contribution in [3.05, 3.63) is 48.3 Å². The van der Waals surface area contributed by atoms with Gasteiger partial charge in [0.1, 0.15) is 22.9 Å². The number of hydrogen-bond acceptors (Lipinski definition) is 6. The van der Waals surface area contributed by atoms with Crippen molar-refractivity contribution in [3.8, 4) is 5.75 Å². The van der Waals surface area contributed by atoms with E-state index in [2.05, 4.69) is 20.0 Å². The fourth-order valence-corrected chi connectivity index (χ4v) is 2.52. The molecule has 24 heavy (non-hydrogen) atoms. The van der Waals surface area contributed by atoms with Gasteiger partial charge in [-0.05, 0) is 49.4 Å².